The normalized spacial score (nSPS) is 15.3. The first-order valence-corrected chi connectivity index (χ1v) is 9.64. The van der Waals surface area contributed by atoms with Gasteiger partial charge in [0.15, 0.2) is 0 Å². The predicted octanol–water partition coefficient (Wildman–Crippen LogP) is 3.38. The highest BCUT2D eigenvalue weighted by atomic mass is 32.1. The fourth-order valence-corrected chi connectivity index (χ4v) is 3.74. The second-order valence-corrected chi connectivity index (χ2v) is 7.27. The quantitative estimate of drug-likeness (QED) is 0.838. The summed E-state index contributed by atoms with van der Waals surface area (Å²) >= 11 is 1.64. The summed E-state index contributed by atoms with van der Waals surface area (Å²) in [6.45, 7) is 3.85. The Hall–Kier alpha value is -1.72. The molecule has 1 aromatic heterocycles. The first kappa shape index (κ1) is 17.1. The molecular weight excluding hydrogens is 318 g/mol. The second kappa shape index (κ2) is 8.94. The smallest absolute Gasteiger partial charge is 0.220 e. The van der Waals surface area contributed by atoms with Crippen molar-refractivity contribution in [2.24, 2.45) is 0 Å². The van der Waals surface area contributed by atoms with E-state index >= 15 is 0 Å². The van der Waals surface area contributed by atoms with E-state index in [0.717, 1.165) is 23.7 Å². The first-order chi connectivity index (χ1) is 11.8. The van der Waals surface area contributed by atoms with Crippen molar-refractivity contribution >= 4 is 17.2 Å². The molecule has 128 valence electrons. The van der Waals surface area contributed by atoms with Crippen LogP contribution in [0.3, 0.4) is 0 Å². The maximum absolute atomic E-state index is 12.0. The van der Waals surface area contributed by atoms with Crippen LogP contribution in [0, 0.1) is 0 Å². The molecule has 1 saturated heterocycles. The lowest BCUT2D eigenvalue weighted by Crippen LogP contribution is -2.29. The highest BCUT2D eigenvalue weighted by Gasteiger charge is 2.12. The first-order valence-electron chi connectivity index (χ1n) is 8.76. The van der Waals surface area contributed by atoms with Gasteiger partial charge < -0.3 is 5.32 Å². The van der Waals surface area contributed by atoms with Crippen molar-refractivity contribution in [1.29, 1.82) is 0 Å². The molecule has 0 bridgehead atoms. The maximum atomic E-state index is 12.0. The molecule has 0 saturated carbocycles. The Kier molecular flexibility index (Phi) is 6.38. The van der Waals surface area contributed by atoms with Gasteiger partial charge in [-0.2, -0.15) is 0 Å². The van der Waals surface area contributed by atoms with E-state index in [1.807, 2.05) is 18.2 Å². The largest absolute Gasteiger partial charge is 0.350 e. The van der Waals surface area contributed by atoms with Crippen molar-refractivity contribution in [1.82, 2.24) is 15.2 Å². The van der Waals surface area contributed by atoms with Crippen LogP contribution in [0.5, 0.6) is 0 Å². The number of thiazole rings is 1. The number of carbonyl (C=O) groups excluding carboxylic acids is 1. The van der Waals surface area contributed by atoms with Crippen molar-refractivity contribution < 1.29 is 4.79 Å². The summed E-state index contributed by atoms with van der Waals surface area (Å²) in [5.41, 5.74) is 2.33. The van der Waals surface area contributed by atoms with E-state index < -0.39 is 0 Å². The summed E-state index contributed by atoms with van der Waals surface area (Å²) in [7, 11) is 0. The molecule has 1 aromatic carbocycles. The zero-order valence-electron chi connectivity index (χ0n) is 14.0. The Labute approximate surface area is 147 Å². The van der Waals surface area contributed by atoms with Crippen LogP contribution in [0.1, 0.15) is 41.9 Å². The number of nitrogens with zero attached hydrogens (tertiary/aromatic N) is 2. The monoisotopic (exact) mass is 343 g/mol. The molecule has 3 rings (SSSR count). The molecule has 0 radical (unpaired) electrons. The van der Waals surface area contributed by atoms with Gasteiger partial charge in [0.2, 0.25) is 5.91 Å². The van der Waals surface area contributed by atoms with Crippen molar-refractivity contribution in [3.63, 3.8) is 0 Å². The number of rotatable bonds is 7. The van der Waals surface area contributed by atoms with Gasteiger partial charge in [0.25, 0.3) is 0 Å². The molecule has 0 atom stereocenters. The molecular formula is C19H25N3OS. The van der Waals surface area contributed by atoms with Gasteiger partial charge in [-0.1, -0.05) is 36.8 Å². The van der Waals surface area contributed by atoms with Gasteiger partial charge in [-0.05, 0) is 37.9 Å². The molecule has 1 fully saturated rings. The number of hydrogen-bond acceptors (Lipinski definition) is 4. The number of nitrogens with one attached hydrogen (secondary N) is 1. The van der Waals surface area contributed by atoms with E-state index in [0.29, 0.717) is 13.0 Å². The molecule has 1 N–H and O–H groups in total. The fraction of sp³-hybridized carbons (Fsp3) is 0.474. The van der Waals surface area contributed by atoms with Crippen LogP contribution in [0.4, 0.5) is 0 Å². The lowest BCUT2D eigenvalue weighted by Gasteiger charge is -2.25. The number of carbonyl (C=O) groups is 1. The van der Waals surface area contributed by atoms with Crippen molar-refractivity contribution in [3.05, 3.63) is 52.0 Å². The average molecular weight is 343 g/mol. The SMILES string of the molecule is O=C(CCc1ccccc1)NCc1nc(CN2CCCCC2)cs1. The van der Waals surface area contributed by atoms with E-state index in [1.165, 1.54) is 37.9 Å². The Bertz CT molecular complexity index is 635. The summed E-state index contributed by atoms with van der Waals surface area (Å²) in [4.78, 5) is 19.1. The molecule has 0 spiro atoms. The van der Waals surface area contributed by atoms with E-state index in [2.05, 4.69) is 32.7 Å². The Morgan fingerprint density at radius 3 is 2.75 bits per heavy atom. The van der Waals surface area contributed by atoms with Gasteiger partial charge in [0, 0.05) is 18.3 Å². The van der Waals surface area contributed by atoms with E-state index in [9.17, 15) is 4.79 Å². The third kappa shape index (κ3) is 5.42. The molecule has 24 heavy (non-hydrogen) atoms. The number of piperidine rings is 1. The molecule has 0 aliphatic carbocycles. The van der Waals surface area contributed by atoms with Gasteiger partial charge >= 0.3 is 0 Å². The van der Waals surface area contributed by atoms with Crippen LogP contribution in [0.2, 0.25) is 0 Å². The summed E-state index contributed by atoms with van der Waals surface area (Å²) in [5, 5.41) is 6.10. The Morgan fingerprint density at radius 2 is 1.96 bits per heavy atom. The third-order valence-electron chi connectivity index (χ3n) is 4.35. The summed E-state index contributed by atoms with van der Waals surface area (Å²) in [5.74, 6) is 0.0895. The van der Waals surface area contributed by atoms with E-state index in [1.54, 1.807) is 11.3 Å². The van der Waals surface area contributed by atoms with Crippen LogP contribution in [-0.4, -0.2) is 28.9 Å². The maximum Gasteiger partial charge on any atom is 0.220 e. The molecule has 4 nitrogen and oxygen atoms in total. The minimum atomic E-state index is 0.0895. The van der Waals surface area contributed by atoms with Crippen molar-refractivity contribution in [2.75, 3.05) is 13.1 Å². The Balaban J connectivity index is 1.39. The lowest BCUT2D eigenvalue weighted by atomic mass is 10.1. The number of likely N-dealkylation sites (tertiary alicyclic amines) is 1. The van der Waals surface area contributed by atoms with Crippen LogP contribution in [0.25, 0.3) is 0 Å². The fourth-order valence-electron chi connectivity index (χ4n) is 3.01. The number of aryl methyl sites for hydroxylation is 1. The summed E-state index contributed by atoms with van der Waals surface area (Å²) < 4.78 is 0. The van der Waals surface area contributed by atoms with E-state index in [-0.39, 0.29) is 5.91 Å². The van der Waals surface area contributed by atoms with Crippen LogP contribution in [0.15, 0.2) is 35.7 Å². The molecule has 1 aliphatic rings. The molecule has 2 heterocycles. The molecule has 5 heteroatoms. The van der Waals surface area contributed by atoms with E-state index in [4.69, 9.17) is 0 Å². The standard InChI is InChI=1S/C19H25N3OS/c23-18(10-9-16-7-3-1-4-8-16)20-13-19-21-17(15-24-19)14-22-11-5-2-6-12-22/h1,3-4,7-8,15H,2,5-6,9-14H2,(H,20,23). The Morgan fingerprint density at radius 1 is 1.17 bits per heavy atom. The highest BCUT2D eigenvalue weighted by molar-refractivity contribution is 7.09. The van der Waals surface area contributed by atoms with Gasteiger partial charge in [0.05, 0.1) is 12.2 Å². The summed E-state index contributed by atoms with van der Waals surface area (Å²) in [6.07, 6.45) is 5.26. The topological polar surface area (TPSA) is 45.2 Å². The minimum absolute atomic E-state index is 0.0895. The molecule has 1 aliphatic heterocycles. The number of amides is 1. The zero-order chi connectivity index (χ0) is 16.6. The predicted molar refractivity (Wildman–Crippen MR) is 97.9 cm³/mol. The molecule has 2 aromatic rings. The van der Waals surface area contributed by atoms with Crippen LogP contribution >= 0.6 is 11.3 Å². The van der Waals surface area contributed by atoms with Gasteiger partial charge in [-0.3, -0.25) is 9.69 Å². The third-order valence-corrected chi connectivity index (χ3v) is 5.25. The van der Waals surface area contributed by atoms with Crippen LogP contribution in [-0.2, 0) is 24.3 Å². The van der Waals surface area contributed by atoms with Gasteiger partial charge in [0.1, 0.15) is 5.01 Å². The van der Waals surface area contributed by atoms with Crippen molar-refractivity contribution in [3.8, 4) is 0 Å². The van der Waals surface area contributed by atoms with Crippen molar-refractivity contribution in [2.45, 2.75) is 45.2 Å². The van der Waals surface area contributed by atoms with Crippen LogP contribution < -0.4 is 5.32 Å². The number of hydrogen-bond donors (Lipinski definition) is 1. The second-order valence-electron chi connectivity index (χ2n) is 6.33. The number of aromatic nitrogens is 1. The van der Waals surface area contributed by atoms with Gasteiger partial charge in [-0.25, -0.2) is 4.98 Å². The molecule has 1 amide bonds. The zero-order valence-corrected chi connectivity index (χ0v) is 14.9. The lowest BCUT2D eigenvalue weighted by molar-refractivity contribution is -0.121. The number of benzene rings is 1. The minimum Gasteiger partial charge on any atom is -0.350 e. The molecule has 0 unspecified atom stereocenters. The average Bonchev–Trinajstić information content (AvgIpc) is 3.07. The van der Waals surface area contributed by atoms with Gasteiger partial charge in [-0.15, -0.1) is 11.3 Å². The summed E-state index contributed by atoms with van der Waals surface area (Å²) in [6, 6.07) is 10.1. The highest BCUT2D eigenvalue weighted by Crippen LogP contribution is 2.15.